The third kappa shape index (κ3) is 3.55. The molecule has 8 atom stereocenters. The molecule has 6 nitrogen and oxygen atoms in total. The smallest absolute Gasteiger partial charge is 0.302 e. The summed E-state index contributed by atoms with van der Waals surface area (Å²) in [4.78, 5) is 36.1. The fourth-order valence-electron chi connectivity index (χ4n) is 7.80. The van der Waals surface area contributed by atoms with Gasteiger partial charge in [0.15, 0.2) is 5.78 Å². The van der Waals surface area contributed by atoms with Crippen molar-refractivity contribution in [2.45, 2.75) is 84.8 Å². The molecular formula is C25H36O6. The average molecular weight is 433 g/mol. The van der Waals surface area contributed by atoms with Crippen molar-refractivity contribution in [2.24, 2.45) is 34.5 Å². The molecule has 3 fully saturated rings. The first-order valence-corrected chi connectivity index (χ1v) is 11.8. The molecular weight excluding hydrogens is 396 g/mol. The van der Waals surface area contributed by atoms with Gasteiger partial charge in [-0.1, -0.05) is 25.5 Å². The second-order valence-corrected chi connectivity index (χ2v) is 10.7. The van der Waals surface area contributed by atoms with Crippen LogP contribution in [0, 0.1) is 34.5 Å². The van der Waals surface area contributed by atoms with Gasteiger partial charge in [0.1, 0.15) is 18.8 Å². The molecule has 4 aliphatic carbocycles. The van der Waals surface area contributed by atoms with E-state index in [0.29, 0.717) is 24.2 Å². The number of esters is 2. The van der Waals surface area contributed by atoms with Gasteiger partial charge in [-0.15, -0.1) is 0 Å². The van der Waals surface area contributed by atoms with E-state index < -0.39 is 12.0 Å². The lowest BCUT2D eigenvalue weighted by molar-refractivity contribution is -0.172. The number of aliphatic hydroxyl groups excluding tert-OH is 1. The van der Waals surface area contributed by atoms with Crippen molar-refractivity contribution >= 4 is 17.7 Å². The number of rotatable bonds is 4. The third-order valence-electron chi connectivity index (χ3n) is 9.28. The van der Waals surface area contributed by atoms with E-state index in [1.807, 2.05) is 0 Å². The summed E-state index contributed by atoms with van der Waals surface area (Å²) >= 11 is 0. The summed E-state index contributed by atoms with van der Waals surface area (Å²) in [5.74, 6) is 0.208. The second-order valence-electron chi connectivity index (χ2n) is 10.7. The van der Waals surface area contributed by atoms with Gasteiger partial charge in [-0.25, -0.2) is 0 Å². The number of carbonyl (C=O) groups excluding carboxylic acids is 3. The van der Waals surface area contributed by atoms with Crippen LogP contribution in [0.15, 0.2) is 11.6 Å². The molecule has 0 aromatic heterocycles. The standard InChI is InChI=1S/C25H36O6/c1-14(27)30-17-9-10-24(3)16(11-17)5-6-18-19-7-8-20(22(29)13-26)25(19,4)23(12-21(18)24)31-15(2)28/h7,16-18,20-21,23,26H,5-6,8-13H2,1-4H3/t16-,17+,18+,20-,21+,23-,24+,25+/m1/s1. The first kappa shape index (κ1) is 22.5. The number of hydrogen-bond acceptors (Lipinski definition) is 6. The summed E-state index contributed by atoms with van der Waals surface area (Å²) in [6, 6.07) is 0. The highest BCUT2D eigenvalue weighted by Crippen LogP contribution is 2.66. The molecule has 0 aliphatic heterocycles. The highest BCUT2D eigenvalue weighted by Gasteiger charge is 2.62. The minimum atomic E-state index is -0.537. The predicted octanol–water partition coefficient (Wildman–Crippen LogP) is 3.60. The molecule has 0 saturated heterocycles. The molecule has 0 amide bonds. The molecule has 0 heterocycles. The Labute approximate surface area is 184 Å². The largest absolute Gasteiger partial charge is 0.463 e. The number of aliphatic hydroxyl groups is 1. The van der Waals surface area contributed by atoms with Crippen LogP contribution in [0.2, 0.25) is 0 Å². The van der Waals surface area contributed by atoms with Crippen molar-refractivity contribution in [1.29, 1.82) is 0 Å². The van der Waals surface area contributed by atoms with E-state index in [2.05, 4.69) is 19.9 Å². The molecule has 0 aromatic carbocycles. The van der Waals surface area contributed by atoms with Crippen molar-refractivity contribution in [3.05, 3.63) is 11.6 Å². The van der Waals surface area contributed by atoms with E-state index >= 15 is 0 Å². The van der Waals surface area contributed by atoms with Gasteiger partial charge in [0, 0.05) is 25.2 Å². The summed E-state index contributed by atoms with van der Waals surface area (Å²) in [7, 11) is 0. The maximum absolute atomic E-state index is 12.6. The van der Waals surface area contributed by atoms with Gasteiger partial charge in [-0.05, 0) is 68.1 Å². The molecule has 0 unspecified atom stereocenters. The Balaban J connectivity index is 1.65. The minimum Gasteiger partial charge on any atom is -0.463 e. The molecule has 0 spiro atoms. The summed E-state index contributed by atoms with van der Waals surface area (Å²) in [5.41, 5.74) is 0.827. The van der Waals surface area contributed by atoms with Crippen LogP contribution in [0.4, 0.5) is 0 Å². The van der Waals surface area contributed by atoms with Gasteiger partial charge in [0.25, 0.3) is 0 Å². The number of ether oxygens (including phenoxy) is 2. The number of carbonyl (C=O) groups is 3. The Morgan fingerprint density at radius 3 is 2.42 bits per heavy atom. The molecule has 172 valence electrons. The van der Waals surface area contributed by atoms with E-state index in [4.69, 9.17) is 9.47 Å². The Hall–Kier alpha value is -1.69. The number of hydrogen-bond donors (Lipinski definition) is 1. The summed E-state index contributed by atoms with van der Waals surface area (Å²) in [6.45, 7) is 6.89. The predicted molar refractivity (Wildman–Crippen MR) is 114 cm³/mol. The Morgan fingerprint density at radius 1 is 1.06 bits per heavy atom. The first-order valence-electron chi connectivity index (χ1n) is 11.8. The van der Waals surface area contributed by atoms with Crippen LogP contribution in [0.5, 0.6) is 0 Å². The molecule has 0 radical (unpaired) electrons. The van der Waals surface area contributed by atoms with Crippen molar-refractivity contribution in [1.82, 2.24) is 0 Å². The zero-order chi connectivity index (χ0) is 22.6. The molecule has 6 heteroatoms. The van der Waals surface area contributed by atoms with Crippen LogP contribution in [-0.2, 0) is 23.9 Å². The number of fused-ring (bicyclic) bond motifs is 5. The van der Waals surface area contributed by atoms with E-state index in [-0.39, 0.29) is 41.3 Å². The van der Waals surface area contributed by atoms with Gasteiger partial charge in [0.05, 0.1) is 0 Å². The van der Waals surface area contributed by atoms with Gasteiger partial charge < -0.3 is 14.6 Å². The van der Waals surface area contributed by atoms with Crippen molar-refractivity contribution in [3.63, 3.8) is 0 Å². The zero-order valence-corrected chi connectivity index (χ0v) is 19.2. The number of ketones is 1. The van der Waals surface area contributed by atoms with Crippen molar-refractivity contribution in [2.75, 3.05) is 6.61 Å². The van der Waals surface area contributed by atoms with Gasteiger partial charge in [-0.2, -0.15) is 0 Å². The van der Waals surface area contributed by atoms with Gasteiger partial charge in [-0.3, -0.25) is 14.4 Å². The molecule has 31 heavy (non-hydrogen) atoms. The summed E-state index contributed by atoms with van der Waals surface area (Å²) in [5, 5.41) is 9.57. The summed E-state index contributed by atoms with van der Waals surface area (Å²) in [6.07, 6.45) is 8.11. The molecule has 3 saturated carbocycles. The number of allylic oxidation sites excluding steroid dienone is 1. The van der Waals surface area contributed by atoms with E-state index in [9.17, 15) is 19.5 Å². The number of Topliss-reactive ketones (excluding diaryl/α,β-unsaturated/α-hetero) is 1. The quantitative estimate of drug-likeness (QED) is 0.539. The maximum atomic E-state index is 12.6. The lowest BCUT2D eigenvalue weighted by Crippen LogP contribution is -2.57. The van der Waals surface area contributed by atoms with Crippen LogP contribution < -0.4 is 0 Å². The normalized spacial score (nSPS) is 43.7. The van der Waals surface area contributed by atoms with E-state index in [0.717, 1.165) is 38.5 Å². The van der Waals surface area contributed by atoms with Crippen LogP contribution in [0.25, 0.3) is 0 Å². The average Bonchev–Trinajstić information content (AvgIpc) is 3.06. The van der Waals surface area contributed by atoms with Crippen molar-refractivity contribution in [3.8, 4) is 0 Å². The van der Waals surface area contributed by atoms with Crippen LogP contribution in [0.3, 0.4) is 0 Å². The van der Waals surface area contributed by atoms with E-state index in [1.165, 1.54) is 19.4 Å². The SMILES string of the molecule is CC(=O)O[C@H]1CC[C@@]2(C)[C@H](CC[C@H]3C4=CC[C@H](C(=O)CO)[C@@]4(C)[C@H](OC(C)=O)C[C@@H]32)C1. The zero-order valence-electron chi connectivity index (χ0n) is 19.2. The van der Waals surface area contributed by atoms with Crippen molar-refractivity contribution < 1.29 is 29.0 Å². The third-order valence-corrected chi connectivity index (χ3v) is 9.28. The molecule has 1 N–H and O–H groups in total. The molecule has 4 aliphatic rings. The lowest BCUT2D eigenvalue weighted by atomic mass is 9.45. The van der Waals surface area contributed by atoms with E-state index in [1.54, 1.807) is 0 Å². The second kappa shape index (κ2) is 8.02. The highest BCUT2D eigenvalue weighted by atomic mass is 16.5. The molecule has 0 bridgehead atoms. The van der Waals surface area contributed by atoms with Gasteiger partial charge >= 0.3 is 11.9 Å². The fourth-order valence-corrected chi connectivity index (χ4v) is 7.80. The van der Waals surface area contributed by atoms with Gasteiger partial charge in [0.2, 0.25) is 0 Å². The lowest BCUT2D eigenvalue weighted by Gasteiger charge is -2.61. The Bertz CT molecular complexity index is 802. The topological polar surface area (TPSA) is 89.9 Å². The van der Waals surface area contributed by atoms with Crippen LogP contribution in [0.1, 0.15) is 72.6 Å². The molecule has 4 rings (SSSR count). The molecule has 0 aromatic rings. The maximum Gasteiger partial charge on any atom is 0.302 e. The fraction of sp³-hybridized carbons (Fsp3) is 0.800. The Morgan fingerprint density at radius 2 is 1.77 bits per heavy atom. The Kier molecular flexibility index (Phi) is 5.82. The minimum absolute atomic E-state index is 0.00231. The van der Waals surface area contributed by atoms with Crippen LogP contribution in [-0.4, -0.2) is 41.6 Å². The summed E-state index contributed by atoms with van der Waals surface area (Å²) < 4.78 is 11.4. The van der Waals surface area contributed by atoms with Crippen LogP contribution >= 0.6 is 0 Å². The monoisotopic (exact) mass is 432 g/mol. The first-order chi connectivity index (χ1) is 14.6. The highest BCUT2D eigenvalue weighted by molar-refractivity contribution is 5.84.